The predicted octanol–water partition coefficient (Wildman–Crippen LogP) is -2.39. The summed E-state index contributed by atoms with van der Waals surface area (Å²) in [5, 5.41) is 34.6. The van der Waals surface area contributed by atoms with Gasteiger partial charge in [0.15, 0.2) is 6.04 Å². The van der Waals surface area contributed by atoms with Crippen molar-refractivity contribution in [3.05, 3.63) is 35.9 Å². The van der Waals surface area contributed by atoms with Crippen molar-refractivity contribution in [2.45, 2.75) is 69.3 Å². The summed E-state index contributed by atoms with van der Waals surface area (Å²) < 4.78 is 0. The number of carboxylic acid groups (broad SMARTS) is 2. The van der Waals surface area contributed by atoms with E-state index in [-0.39, 0.29) is 25.7 Å². The molecule has 5 atom stereocenters. The first kappa shape index (κ1) is 31.0. The van der Waals surface area contributed by atoms with Crippen LogP contribution in [0.3, 0.4) is 0 Å². The summed E-state index contributed by atoms with van der Waals surface area (Å²) in [6.45, 7) is 1.13. The number of carbonyl (C=O) groups excluding carboxylic acids is 4. The molecule has 1 aromatic rings. The summed E-state index contributed by atoms with van der Waals surface area (Å²) in [6, 6.07) is 3.12. The van der Waals surface area contributed by atoms with Crippen LogP contribution in [-0.4, -0.2) is 81.2 Å². The lowest BCUT2D eigenvalue weighted by Gasteiger charge is -2.25. The molecule has 1 aromatic carbocycles. The van der Waals surface area contributed by atoms with E-state index in [1.165, 1.54) is 0 Å². The predicted molar refractivity (Wildman–Crippen MR) is 129 cm³/mol. The Labute approximate surface area is 212 Å². The Morgan fingerprint density at radius 1 is 0.838 bits per heavy atom. The molecule has 0 fully saturated rings. The van der Waals surface area contributed by atoms with Crippen LogP contribution in [0.25, 0.3) is 0 Å². The largest absolute Gasteiger partial charge is 0.481 e. The van der Waals surface area contributed by atoms with Gasteiger partial charge in [0.1, 0.15) is 12.1 Å². The molecule has 0 aliphatic rings. The summed E-state index contributed by atoms with van der Waals surface area (Å²) in [5.74, 6) is -6.33. The van der Waals surface area contributed by atoms with Crippen molar-refractivity contribution in [3.8, 4) is 0 Å². The number of carbonyl (C=O) groups is 6. The summed E-state index contributed by atoms with van der Waals surface area (Å²) >= 11 is 0. The van der Waals surface area contributed by atoms with Gasteiger partial charge in [0.2, 0.25) is 23.6 Å². The van der Waals surface area contributed by atoms with Crippen LogP contribution in [0.4, 0.5) is 0 Å². The van der Waals surface area contributed by atoms with Crippen LogP contribution in [0.5, 0.6) is 0 Å². The molecule has 1 rings (SSSR count). The Kier molecular flexibility index (Phi) is 12.7. The van der Waals surface area contributed by atoms with Gasteiger partial charge in [-0.25, -0.2) is 4.79 Å². The van der Waals surface area contributed by atoms with Gasteiger partial charge in [-0.05, 0) is 31.7 Å². The molecule has 37 heavy (non-hydrogen) atoms. The van der Waals surface area contributed by atoms with E-state index in [9.17, 15) is 39.0 Å². The molecule has 0 spiro atoms. The smallest absolute Gasteiger partial charge is 0.328 e. The van der Waals surface area contributed by atoms with Crippen molar-refractivity contribution in [1.82, 2.24) is 16.0 Å². The van der Waals surface area contributed by atoms with Gasteiger partial charge in [-0.15, -0.1) is 0 Å². The van der Waals surface area contributed by atoms with Crippen LogP contribution in [-0.2, 0) is 35.2 Å². The lowest BCUT2D eigenvalue weighted by atomic mass is 10.0. The SMILES string of the molecule is CC(O)C(NC(=O)C(CCC(N)=O)NC(=O)C(CCC(=O)O)NC(=O)C(N)Cc1ccccc1)C(=O)O. The lowest BCUT2D eigenvalue weighted by Crippen LogP contribution is -2.58. The molecule has 204 valence electrons. The molecule has 0 aromatic heterocycles. The maximum atomic E-state index is 13.0. The van der Waals surface area contributed by atoms with Gasteiger partial charge < -0.3 is 42.7 Å². The molecule has 0 bridgehead atoms. The number of carboxylic acids is 2. The highest BCUT2D eigenvalue weighted by atomic mass is 16.4. The highest BCUT2D eigenvalue weighted by Gasteiger charge is 2.32. The van der Waals surface area contributed by atoms with Crippen molar-refractivity contribution in [2.75, 3.05) is 0 Å². The van der Waals surface area contributed by atoms with E-state index in [0.29, 0.717) is 0 Å². The molecule has 4 amide bonds. The van der Waals surface area contributed by atoms with Crippen LogP contribution in [0, 0.1) is 0 Å². The number of nitrogens with one attached hydrogen (secondary N) is 3. The van der Waals surface area contributed by atoms with Gasteiger partial charge in [-0.2, -0.15) is 0 Å². The van der Waals surface area contributed by atoms with E-state index in [1.807, 2.05) is 0 Å². The minimum absolute atomic E-state index is 0.138. The highest BCUT2D eigenvalue weighted by molar-refractivity contribution is 5.94. The Balaban J connectivity index is 3.02. The number of aliphatic hydroxyl groups excluding tert-OH is 1. The van der Waals surface area contributed by atoms with Gasteiger partial charge in [-0.1, -0.05) is 30.3 Å². The fraction of sp³-hybridized carbons (Fsp3) is 0.478. The van der Waals surface area contributed by atoms with Gasteiger partial charge in [-0.3, -0.25) is 24.0 Å². The second-order valence-electron chi connectivity index (χ2n) is 8.42. The lowest BCUT2D eigenvalue weighted by molar-refractivity contribution is -0.145. The molecule has 0 heterocycles. The van der Waals surface area contributed by atoms with Gasteiger partial charge in [0, 0.05) is 12.8 Å². The van der Waals surface area contributed by atoms with Crippen LogP contribution in [0.15, 0.2) is 30.3 Å². The molecule has 14 nitrogen and oxygen atoms in total. The maximum Gasteiger partial charge on any atom is 0.328 e. The Bertz CT molecular complexity index is 971. The number of aliphatic carboxylic acids is 2. The molecular weight excluding hydrogens is 490 g/mol. The number of hydrogen-bond donors (Lipinski definition) is 8. The van der Waals surface area contributed by atoms with Crippen LogP contribution < -0.4 is 27.4 Å². The normalized spacial score (nSPS) is 14.8. The number of aliphatic hydroxyl groups is 1. The second kappa shape index (κ2) is 15.2. The minimum Gasteiger partial charge on any atom is -0.481 e. The number of benzene rings is 1. The molecule has 0 aliphatic carbocycles. The van der Waals surface area contributed by atoms with Crippen molar-refractivity contribution < 1.29 is 44.1 Å². The number of hydrogen-bond acceptors (Lipinski definition) is 8. The quantitative estimate of drug-likeness (QED) is 0.114. The first-order valence-electron chi connectivity index (χ1n) is 11.4. The van der Waals surface area contributed by atoms with Crippen molar-refractivity contribution in [2.24, 2.45) is 11.5 Å². The zero-order chi connectivity index (χ0) is 28.1. The molecule has 0 saturated carbocycles. The monoisotopic (exact) mass is 523 g/mol. The van der Waals surface area contributed by atoms with Crippen molar-refractivity contribution in [1.29, 1.82) is 0 Å². The number of nitrogens with two attached hydrogens (primary N) is 2. The fourth-order valence-electron chi connectivity index (χ4n) is 3.25. The summed E-state index contributed by atoms with van der Waals surface area (Å²) in [7, 11) is 0. The topological polar surface area (TPSA) is 251 Å². The zero-order valence-electron chi connectivity index (χ0n) is 20.3. The fourth-order valence-corrected chi connectivity index (χ4v) is 3.25. The molecule has 10 N–H and O–H groups in total. The molecule has 5 unspecified atom stereocenters. The first-order chi connectivity index (χ1) is 17.3. The second-order valence-corrected chi connectivity index (χ2v) is 8.42. The van der Waals surface area contributed by atoms with Crippen molar-refractivity contribution >= 4 is 35.6 Å². The molecule has 0 saturated heterocycles. The Morgan fingerprint density at radius 2 is 1.35 bits per heavy atom. The minimum atomic E-state index is -1.71. The third-order valence-corrected chi connectivity index (χ3v) is 5.27. The number of rotatable bonds is 16. The summed E-state index contributed by atoms with van der Waals surface area (Å²) in [4.78, 5) is 71.9. The third kappa shape index (κ3) is 11.5. The Hall–Kier alpha value is -4.04. The summed E-state index contributed by atoms with van der Waals surface area (Å²) in [5.41, 5.74) is 11.8. The van der Waals surface area contributed by atoms with Gasteiger partial charge in [0.25, 0.3) is 0 Å². The number of amides is 4. The van der Waals surface area contributed by atoms with Crippen LogP contribution >= 0.6 is 0 Å². The van der Waals surface area contributed by atoms with E-state index < -0.39 is 72.3 Å². The molecule has 14 heteroatoms. The standard InChI is InChI=1S/C23H33N5O9/c1-12(29)19(23(36)37)28-22(35)15(7-9-17(25)30)27-21(34)16(8-10-18(31)32)26-20(33)14(24)11-13-5-3-2-4-6-13/h2-6,12,14-16,19,29H,7-11,24H2,1H3,(H2,25,30)(H,26,33)(H,27,34)(H,28,35)(H,31,32)(H,36,37). The first-order valence-corrected chi connectivity index (χ1v) is 11.4. The van der Waals surface area contributed by atoms with E-state index in [2.05, 4.69) is 16.0 Å². The number of primary amides is 1. The van der Waals surface area contributed by atoms with Crippen LogP contribution in [0.1, 0.15) is 38.2 Å². The average Bonchev–Trinajstić information content (AvgIpc) is 2.82. The van der Waals surface area contributed by atoms with E-state index in [1.54, 1.807) is 30.3 Å². The Morgan fingerprint density at radius 3 is 1.84 bits per heavy atom. The van der Waals surface area contributed by atoms with Crippen LogP contribution in [0.2, 0.25) is 0 Å². The van der Waals surface area contributed by atoms with E-state index in [4.69, 9.17) is 16.6 Å². The average molecular weight is 524 g/mol. The highest BCUT2D eigenvalue weighted by Crippen LogP contribution is 2.06. The molecular formula is C23H33N5O9. The molecule has 0 radical (unpaired) electrons. The van der Waals surface area contributed by atoms with Gasteiger partial charge in [0.05, 0.1) is 12.1 Å². The van der Waals surface area contributed by atoms with E-state index in [0.717, 1.165) is 12.5 Å². The maximum absolute atomic E-state index is 13.0. The molecule has 0 aliphatic heterocycles. The summed E-state index contributed by atoms with van der Waals surface area (Å²) in [6.07, 6.45) is -2.89. The van der Waals surface area contributed by atoms with Crippen molar-refractivity contribution in [3.63, 3.8) is 0 Å². The third-order valence-electron chi connectivity index (χ3n) is 5.27. The zero-order valence-corrected chi connectivity index (χ0v) is 20.3. The van der Waals surface area contributed by atoms with Gasteiger partial charge >= 0.3 is 11.9 Å². The van der Waals surface area contributed by atoms with E-state index >= 15 is 0 Å².